The monoisotopic (exact) mass is 306 g/mol. The Kier molecular flexibility index (Phi) is 4.84. The van der Waals surface area contributed by atoms with Crippen molar-refractivity contribution in [2.24, 2.45) is 0 Å². The van der Waals surface area contributed by atoms with Crippen molar-refractivity contribution in [1.82, 2.24) is 9.80 Å². The summed E-state index contributed by atoms with van der Waals surface area (Å²) in [5.74, 6) is 1.87. The van der Waals surface area contributed by atoms with Crippen molar-refractivity contribution in [3.05, 3.63) is 23.7 Å². The molecule has 0 radical (unpaired) electrons. The largest absolute Gasteiger partial charge is 0.465 e. The first-order valence-corrected chi connectivity index (χ1v) is 8.37. The van der Waals surface area contributed by atoms with Gasteiger partial charge in [0.05, 0.1) is 19.2 Å². The minimum absolute atomic E-state index is 0.145. The Bertz CT molecular complexity index is 508. The summed E-state index contributed by atoms with van der Waals surface area (Å²) in [6.45, 7) is 3.85. The number of nitrogens with zero attached hydrogens (tertiary/aromatic N) is 2. The molecular weight excluding hydrogens is 280 g/mol. The van der Waals surface area contributed by atoms with Gasteiger partial charge < -0.3 is 14.4 Å². The zero-order valence-corrected chi connectivity index (χ0v) is 13.3. The van der Waals surface area contributed by atoms with Crippen LogP contribution in [-0.2, 0) is 11.3 Å². The number of aryl methyl sites for hydroxylation is 1. The van der Waals surface area contributed by atoms with Crippen molar-refractivity contribution in [1.29, 1.82) is 0 Å². The first kappa shape index (κ1) is 15.6. The van der Waals surface area contributed by atoms with Crippen molar-refractivity contribution in [3.8, 4) is 0 Å². The number of carbonyl (C=O) groups is 1. The molecule has 2 aliphatic rings. The number of furan rings is 1. The van der Waals surface area contributed by atoms with Crippen LogP contribution in [0.25, 0.3) is 0 Å². The van der Waals surface area contributed by atoms with Gasteiger partial charge in [0, 0.05) is 19.1 Å². The van der Waals surface area contributed by atoms with Gasteiger partial charge in [0.1, 0.15) is 11.5 Å². The van der Waals surface area contributed by atoms with E-state index in [2.05, 4.69) is 0 Å². The van der Waals surface area contributed by atoms with E-state index in [1.54, 1.807) is 0 Å². The summed E-state index contributed by atoms with van der Waals surface area (Å²) in [6, 6.07) is 4.19. The van der Waals surface area contributed by atoms with Gasteiger partial charge in [0.25, 0.3) is 0 Å². The molecule has 0 spiro atoms. The third kappa shape index (κ3) is 3.70. The van der Waals surface area contributed by atoms with Gasteiger partial charge in [-0.15, -0.1) is 0 Å². The lowest BCUT2D eigenvalue weighted by atomic mass is 9.94. The molecule has 1 saturated carbocycles. The fourth-order valence-corrected chi connectivity index (χ4v) is 3.69. The standard InChI is InChI=1S/C17H26N2O3/c1-13-7-8-16(22-13)11-18-9-15(20)10-19(17(21)12-18)14-5-3-2-4-6-14/h7-8,14-15,20H,2-6,9-12H2,1H3. The number of hydrogen-bond acceptors (Lipinski definition) is 4. The van der Waals surface area contributed by atoms with Crippen LogP contribution in [0.4, 0.5) is 0 Å². The van der Waals surface area contributed by atoms with E-state index in [1.807, 2.05) is 28.9 Å². The molecule has 22 heavy (non-hydrogen) atoms. The van der Waals surface area contributed by atoms with Crippen LogP contribution in [0.1, 0.15) is 43.6 Å². The maximum Gasteiger partial charge on any atom is 0.237 e. The molecule has 1 amide bonds. The molecule has 0 aromatic carbocycles. The Morgan fingerprint density at radius 1 is 1.23 bits per heavy atom. The molecule has 1 aromatic heterocycles. The highest BCUT2D eigenvalue weighted by molar-refractivity contribution is 5.79. The van der Waals surface area contributed by atoms with E-state index >= 15 is 0 Å². The number of rotatable bonds is 3. The molecule has 1 atom stereocenters. The molecule has 1 unspecified atom stereocenters. The third-order valence-electron chi connectivity index (χ3n) is 4.75. The molecule has 1 aliphatic heterocycles. The van der Waals surface area contributed by atoms with Crippen LogP contribution in [0.15, 0.2) is 16.5 Å². The predicted molar refractivity (Wildman–Crippen MR) is 83.3 cm³/mol. The predicted octanol–water partition coefficient (Wildman–Crippen LogP) is 1.93. The molecule has 3 rings (SSSR count). The van der Waals surface area contributed by atoms with Gasteiger partial charge in [-0.3, -0.25) is 9.69 Å². The topological polar surface area (TPSA) is 56.9 Å². The van der Waals surface area contributed by atoms with E-state index in [9.17, 15) is 9.90 Å². The van der Waals surface area contributed by atoms with Crippen LogP contribution in [0.3, 0.4) is 0 Å². The van der Waals surface area contributed by atoms with E-state index in [-0.39, 0.29) is 5.91 Å². The van der Waals surface area contributed by atoms with E-state index in [0.29, 0.717) is 32.2 Å². The second-order valence-electron chi connectivity index (χ2n) is 6.67. The number of amides is 1. The number of aliphatic hydroxyl groups is 1. The van der Waals surface area contributed by atoms with Crippen molar-refractivity contribution < 1.29 is 14.3 Å². The highest BCUT2D eigenvalue weighted by atomic mass is 16.3. The minimum Gasteiger partial charge on any atom is -0.465 e. The van der Waals surface area contributed by atoms with Gasteiger partial charge in [-0.25, -0.2) is 0 Å². The Morgan fingerprint density at radius 3 is 2.68 bits per heavy atom. The fraction of sp³-hybridized carbons (Fsp3) is 0.706. The van der Waals surface area contributed by atoms with Crippen molar-refractivity contribution in [3.63, 3.8) is 0 Å². The lowest BCUT2D eigenvalue weighted by Gasteiger charge is -2.34. The van der Waals surface area contributed by atoms with Gasteiger partial charge in [0.2, 0.25) is 5.91 Å². The highest BCUT2D eigenvalue weighted by Crippen LogP contribution is 2.24. The zero-order valence-electron chi connectivity index (χ0n) is 13.3. The van der Waals surface area contributed by atoms with Gasteiger partial charge in [-0.05, 0) is 31.9 Å². The molecular formula is C17H26N2O3. The van der Waals surface area contributed by atoms with Gasteiger partial charge in [-0.2, -0.15) is 0 Å². The average Bonchev–Trinajstić information content (AvgIpc) is 2.84. The molecule has 5 heteroatoms. The van der Waals surface area contributed by atoms with Gasteiger partial charge in [0.15, 0.2) is 0 Å². The molecule has 2 fully saturated rings. The SMILES string of the molecule is Cc1ccc(CN2CC(=O)N(C3CCCCC3)CC(O)C2)o1. The average molecular weight is 306 g/mol. The molecule has 1 N–H and O–H groups in total. The zero-order chi connectivity index (χ0) is 15.5. The summed E-state index contributed by atoms with van der Waals surface area (Å²) in [5.41, 5.74) is 0. The molecule has 5 nitrogen and oxygen atoms in total. The summed E-state index contributed by atoms with van der Waals surface area (Å²) < 4.78 is 5.59. The summed E-state index contributed by atoms with van der Waals surface area (Å²) in [7, 11) is 0. The van der Waals surface area contributed by atoms with E-state index in [4.69, 9.17) is 4.42 Å². The second kappa shape index (κ2) is 6.84. The van der Waals surface area contributed by atoms with E-state index < -0.39 is 6.10 Å². The van der Waals surface area contributed by atoms with Crippen molar-refractivity contribution in [2.75, 3.05) is 19.6 Å². The van der Waals surface area contributed by atoms with Crippen LogP contribution in [0, 0.1) is 6.92 Å². The maximum atomic E-state index is 12.6. The molecule has 122 valence electrons. The first-order chi connectivity index (χ1) is 10.6. The number of carbonyl (C=O) groups excluding carboxylic acids is 1. The highest BCUT2D eigenvalue weighted by Gasteiger charge is 2.32. The van der Waals surface area contributed by atoms with Crippen LogP contribution in [-0.4, -0.2) is 52.6 Å². The van der Waals surface area contributed by atoms with Crippen LogP contribution in [0.5, 0.6) is 0 Å². The third-order valence-corrected chi connectivity index (χ3v) is 4.75. The van der Waals surface area contributed by atoms with Crippen LogP contribution < -0.4 is 0 Å². The normalized spacial score (nSPS) is 25.5. The fourth-order valence-electron chi connectivity index (χ4n) is 3.69. The molecule has 0 bridgehead atoms. The minimum atomic E-state index is -0.482. The van der Waals surface area contributed by atoms with Crippen LogP contribution >= 0.6 is 0 Å². The maximum absolute atomic E-state index is 12.6. The summed E-state index contributed by atoms with van der Waals surface area (Å²) in [5, 5.41) is 10.3. The Morgan fingerprint density at radius 2 is 2.00 bits per heavy atom. The molecule has 2 heterocycles. The van der Waals surface area contributed by atoms with Gasteiger partial charge in [-0.1, -0.05) is 19.3 Å². The smallest absolute Gasteiger partial charge is 0.237 e. The number of aliphatic hydroxyl groups excluding tert-OH is 1. The first-order valence-electron chi connectivity index (χ1n) is 8.37. The Labute approximate surface area is 131 Å². The number of β-amino-alcohol motifs (C(OH)–C–C–N with tert-alkyl or cyclic N) is 1. The van der Waals surface area contributed by atoms with Gasteiger partial charge >= 0.3 is 0 Å². The van der Waals surface area contributed by atoms with Crippen LogP contribution in [0.2, 0.25) is 0 Å². The summed E-state index contributed by atoms with van der Waals surface area (Å²) >= 11 is 0. The van der Waals surface area contributed by atoms with E-state index in [1.165, 1.54) is 19.3 Å². The van der Waals surface area contributed by atoms with Crippen molar-refractivity contribution >= 4 is 5.91 Å². The molecule has 1 aliphatic carbocycles. The second-order valence-corrected chi connectivity index (χ2v) is 6.67. The molecule has 1 saturated heterocycles. The summed E-state index contributed by atoms with van der Waals surface area (Å²) in [6.07, 6.45) is 5.33. The lowest BCUT2D eigenvalue weighted by molar-refractivity contribution is -0.134. The molecule has 1 aromatic rings. The van der Waals surface area contributed by atoms with Crippen molar-refractivity contribution in [2.45, 2.75) is 57.7 Å². The Balaban J connectivity index is 1.65. The quantitative estimate of drug-likeness (QED) is 0.927. The summed E-state index contributed by atoms with van der Waals surface area (Å²) in [4.78, 5) is 16.5. The lowest BCUT2D eigenvalue weighted by Crippen LogP contribution is -2.45. The van der Waals surface area contributed by atoms with E-state index in [0.717, 1.165) is 24.4 Å². The number of hydrogen-bond donors (Lipinski definition) is 1. The Hall–Kier alpha value is -1.33.